The zero-order valence-corrected chi connectivity index (χ0v) is 23.5. The Morgan fingerprint density at radius 2 is 1.46 bits per heavy atom. The van der Waals surface area contributed by atoms with Gasteiger partial charge in [0, 0.05) is 66.8 Å². The summed E-state index contributed by atoms with van der Waals surface area (Å²) in [5.74, 6) is 0.0806. The highest BCUT2D eigenvalue weighted by atomic mass is 16.2. The number of benzene rings is 2. The van der Waals surface area contributed by atoms with E-state index in [9.17, 15) is 4.79 Å². The molecule has 0 unspecified atom stereocenters. The largest absolute Gasteiger partial charge is 0.334 e. The average molecular weight is 519 g/mol. The van der Waals surface area contributed by atoms with E-state index >= 15 is 0 Å². The quantitative estimate of drug-likeness (QED) is 0.265. The molecule has 5 heteroatoms. The summed E-state index contributed by atoms with van der Waals surface area (Å²) in [6.45, 7) is 11.3. The number of nitrogens with zero attached hydrogens (tertiary/aromatic N) is 4. The van der Waals surface area contributed by atoms with Gasteiger partial charge in [-0.1, -0.05) is 42.0 Å². The fraction of sp³-hybridized carbons (Fsp3) is 0.324. The summed E-state index contributed by atoms with van der Waals surface area (Å²) in [4.78, 5) is 26.7. The fourth-order valence-corrected chi connectivity index (χ4v) is 5.83. The van der Waals surface area contributed by atoms with E-state index in [-0.39, 0.29) is 18.0 Å². The minimum atomic E-state index is 0.0806. The maximum absolute atomic E-state index is 13.3. The van der Waals surface area contributed by atoms with Gasteiger partial charge in [0.2, 0.25) is 0 Å². The molecular weight excluding hydrogens is 480 g/mol. The van der Waals surface area contributed by atoms with E-state index in [4.69, 9.17) is 4.98 Å². The summed E-state index contributed by atoms with van der Waals surface area (Å²) in [5, 5.41) is 1.14. The van der Waals surface area contributed by atoms with E-state index in [0.717, 1.165) is 60.1 Å². The van der Waals surface area contributed by atoms with Crippen LogP contribution in [0.1, 0.15) is 67.6 Å². The minimum absolute atomic E-state index is 0.0806. The molecule has 0 atom stereocenters. The molecule has 0 saturated carbocycles. The SMILES string of the molecule is CC(C)N(C(=O)c1ccc(C(=C2CCN(Cc3ccncc3)CC2)c2cccc3cccnc23)cc1)C(C)C. The number of pyridine rings is 2. The molecule has 39 heavy (non-hydrogen) atoms. The van der Waals surface area contributed by atoms with Crippen LogP contribution in [-0.4, -0.2) is 50.8 Å². The Morgan fingerprint density at radius 3 is 2.13 bits per heavy atom. The molecule has 200 valence electrons. The molecule has 0 bridgehead atoms. The molecule has 5 rings (SSSR count). The third kappa shape index (κ3) is 5.94. The molecule has 0 N–H and O–H groups in total. The van der Waals surface area contributed by atoms with Crippen molar-refractivity contribution in [2.24, 2.45) is 0 Å². The van der Waals surface area contributed by atoms with Crippen molar-refractivity contribution in [3.05, 3.63) is 113 Å². The summed E-state index contributed by atoms with van der Waals surface area (Å²) in [5.41, 5.74) is 8.06. The minimum Gasteiger partial charge on any atom is -0.334 e. The van der Waals surface area contributed by atoms with E-state index in [1.807, 2.05) is 41.7 Å². The number of rotatable bonds is 7. The van der Waals surface area contributed by atoms with Crippen molar-refractivity contribution < 1.29 is 4.79 Å². The molecule has 0 aliphatic carbocycles. The van der Waals surface area contributed by atoms with E-state index < -0.39 is 0 Å². The highest BCUT2D eigenvalue weighted by Gasteiger charge is 2.23. The molecule has 2 aromatic heterocycles. The maximum atomic E-state index is 13.3. The summed E-state index contributed by atoms with van der Waals surface area (Å²) < 4.78 is 0. The average Bonchev–Trinajstić information content (AvgIpc) is 2.95. The first-order chi connectivity index (χ1) is 18.9. The van der Waals surface area contributed by atoms with Gasteiger partial charge in [0.1, 0.15) is 0 Å². The van der Waals surface area contributed by atoms with Crippen LogP contribution in [0.2, 0.25) is 0 Å². The fourth-order valence-electron chi connectivity index (χ4n) is 5.83. The topological polar surface area (TPSA) is 49.3 Å². The Morgan fingerprint density at radius 1 is 0.821 bits per heavy atom. The first-order valence-corrected chi connectivity index (χ1v) is 14.0. The Balaban J connectivity index is 1.50. The predicted molar refractivity (Wildman–Crippen MR) is 159 cm³/mol. The van der Waals surface area contributed by atoms with Gasteiger partial charge < -0.3 is 4.90 Å². The van der Waals surface area contributed by atoms with E-state index in [2.05, 4.69) is 86.1 Å². The zero-order valence-electron chi connectivity index (χ0n) is 23.5. The van der Waals surface area contributed by atoms with Crippen molar-refractivity contribution in [1.82, 2.24) is 19.8 Å². The standard InChI is InChI=1S/C34H38N4O/c1-24(2)38(25(3)4)34(39)30-12-10-27(11-13-30)32(31-9-5-7-29-8-6-18-36-33(29)31)28-16-21-37(22-17-28)23-26-14-19-35-20-15-26/h5-15,18-20,24-25H,16-17,21-23H2,1-4H3. The number of likely N-dealkylation sites (tertiary alicyclic amines) is 1. The van der Waals surface area contributed by atoms with Gasteiger partial charge in [0.15, 0.2) is 0 Å². The highest BCUT2D eigenvalue weighted by Crippen LogP contribution is 2.36. The van der Waals surface area contributed by atoms with Crippen LogP contribution in [0.15, 0.2) is 90.9 Å². The first kappa shape index (κ1) is 26.8. The van der Waals surface area contributed by atoms with Crippen molar-refractivity contribution in [3.63, 3.8) is 0 Å². The lowest BCUT2D eigenvalue weighted by Crippen LogP contribution is -2.42. The second-order valence-corrected chi connectivity index (χ2v) is 11.0. The van der Waals surface area contributed by atoms with Crippen LogP contribution in [0.4, 0.5) is 0 Å². The molecular formula is C34H38N4O. The van der Waals surface area contributed by atoms with Gasteiger partial charge in [-0.3, -0.25) is 19.7 Å². The Bertz CT molecular complexity index is 1430. The van der Waals surface area contributed by atoms with Gasteiger partial charge >= 0.3 is 0 Å². The second kappa shape index (κ2) is 11.9. The lowest BCUT2D eigenvalue weighted by atomic mass is 9.87. The monoisotopic (exact) mass is 518 g/mol. The number of amides is 1. The van der Waals surface area contributed by atoms with Gasteiger partial charge in [-0.05, 0) is 87.6 Å². The van der Waals surface area contributed by atoms with E-state index in [1.165, 1.54) is 16.7 Å². The van der Waals surface area contributed by atoms with E-state index in [1.54, 1.807) is 0 Å². The van der Waals surface area contributed by atoms with Crippen LogP contribution in [0.3, 0.4) is 0 Å². The van der Waals surface area contributed by atoms with Gasteiger partial charge in [-0.25, -0.2) is 0 Å². The van der Waals surface area contributed by atoms with Gasteiger partial charge in [-0.2, -0.15) is 0 Å². The zero-order chi connectivity index (χ0) is 27.4. The Hall–Kier alpha value is -3.83. The molecule has 3 heterocycles. The van der Waals surface area contributed by atoms with Crippen LogP contribution >= 0.6 is 0 Å². The molecule has 0 spiro atoms. The number of carbonyl (C=O) groups excluding carboxylic acids is 1. The summed E-state index contributed by atoms with van der Waals surface area (Å²) in [6.07, 6.45) is 7.61. The number of para-hydroxylation sites is 1. The van der Waals surface area contributed by atoms with Crippen LogP contribution in [-0.2, 0) is 6.54 Å². The summed E-state index contributed by atoms with van der Waals surface area (Å²) in [6, 6.07) is 23.3. The molecule has 4 aromatic rings. The van der Waals surface area contributed by atoms with Gasteiger partial charge in [0.25, 0.3) is 5.91 Å². The highest BCUT2D eigenvalue weighted by molar-refractivity contribution is 5.98. The predicted octanol–water partition coefficient (Wildman–Crippen LogP) is 6.99. The summed E-state index contributed by atoms with van der Waals surface area (Å²) >= 11 is 0. The van der Waals surface area contributed by atoms with Crippen molar-refractivity contribution in [1.29, 1.82) is 0 Å². The van der Waals surface area contributed by atoms with Crippen LogP contribution < -0.4 is 0 Å². The number of aromatic nitrogens is 2. The summed E-state index contributed by atoms with van der Waals surface area (Å²) in [7, 11) is 0. The number of carbonyl (C=O) groups is 1. The molecule has 1 aliphatic heterocycles. The molecule has 1 fully saturated rings. The lowest BCUT2D eigenvalue weighted by molar-refractivity contribution is 0.0643. The third-order valence-corrected chi connectivity index (χ3v) is 7.64. The Kier molecular flexibility index (Phi) is 8.18. The lowest BCUT2D eigenvalue weighted by Gasteiger charge is -2.31. The first-order valence-electron chi connectivity index (χ1n) is 14.0. The van der Waals surface area contributed by atoms with Crippen LogP contribution in [0, 0.1) is 0 Å². The number of hydrogen-bond donors (Lipinski definition) is 0. The van der Waals surface area contributed by atoms with Crippen molar-refractivity contribution in [2.75, 3.05) is 13.1 Å². The van der Waals surface area contributed by atoms with Crippen molar-refractivity contribution in [2.45, 2.75) is 59.2 Å². The third-order valence-electron chi connectivity index (χ3n) is 7.64. The van der Waals surface area contributed by atoms with Gasteiger partial charge in [0.05, 0.1) is 5.52 Å². The maximum Gasteiger partial charge on any atom is 0.254 e. The molecule has 0 radical (unpaired) electrons. The number of hydrogen-bond acceptors (Lipinski definition) is 4. The van der Waals surface area contributed by atoms with Crippen molar-refractivity contribution >= 4 is 22.4 Å². The molecule has 1 aliphatic rings. The Labute approximate surface area is 232 Å². The normalized spacial score (nSPS) is 14.3. The number of fused-ring (bicyclic) bond motifs is 1. The smallest absolute Gasteiger partial charge is 0.254 e. The number of piperidine rings is 1. The van der Waals surface area contributed by atoms with Crippen molar-refractivity contribution in [3.8, 4) is 0 Å². The van der Waals surface area contributed by atoms with Gasteiger partial charge in [-0.15, -0.1) is 0 Å². The van der Waals surface area contributed by atoms with Crippen LogP contribution in [0.25, 0.3) is 16.5 Å². The van der Waals surface area contributed by atoms with E-state index in [0.29, 0.717) is 0 Å². The van der Waals surface area contributed by atoms with Crippen LogP contribution in [0.5, 0.6) is 0 Å². The molecule has 2 aromatic carbocycles. The molecule has 5 nitrogen and oxygen atoms in total. The molecule has 1 amide bonds. The molecule has 1 saturated heterocycles. The second-order valence-electron chi connectivity index (χ2n) is 11.0.